The molecular formula is C14H15NO4. The molecule has 5 heteroatoms. The van der Waals surface area contributed by atoms with E-state index in [0.29, 0.717) is 5.58 Å². The van der Waals surface area contributed by atoms with E-state index < -0.39 is 17.9 Å². The van der Waals surface area contributed by atoms with Gasteiger partial charge in [-0.2, -0.15) is 0 Å². The summed E-state index contributed by atoms with van der Waals surface area (Å²) < 4.78 is 5.45. The van der Waals surface area contributed by atoms with Gasteiger partial charge in [0.15, 0.2) is 5.76 Å². The first-order valence-corrected chi connectivity index (χ1v) is 5.90. The molecule has 19 heavy (non-hydrogen) atoms. The number of hydrogen-bond donors (Lipinski definition) is 1. The fraction of sp³-hybridized carbons (Fsp3) is 0.286. The first-order valence-electron chi connectivity index (χ1n) is 5.90. The molecular weight excluding hydrogens is 246 g/mol. The van der Waals surface area contributed by atoms with Crippen molar-refractivity contribution in [3.05, 3.63) is 35.6 Å². The van der Waals surface area contributed by atoms with Crippen molar-refractivity contribution >= 4 is 22.8 Å². The molecule has 1 heterocycles. The highest BCUT2D eigenvalue weighted by molar-refractivity contribution is 5.97. The Kier molecular flexibility index (Phi) is 3.29. The Morgan fingerprint density at radius 2 is 2.00 bits per heavy atom. The minimum absolute atomic E-state index is 0.149. The normalized spacial score (nSPS) is 12.4. The molecule has 0 saturated carbocycles. The maximum atomic E-state index is 12.1. The molecule has 0 radical (unpaired) electrons. The summed E-state index contributed by atoms with van der Waals surface area (Å²) in [6.07, 6.45) is 0. The fourth-order valence-electron chi connectivity index (χ4n) is 1.78. The second kappa shape index (κ2) is 4.76. The third-order valence-corrected chi connectivity index (χ3v) is 3.14. The van der Waals surface area contributed by atoms with Crippen LogP contribution >= 0.6 is 0 Å². The number of aryl methyl sites for hydroxylation is 1. The third-order valence-electron chi connectivity index (χ3n) is 3.14. The van der Waals surface area contributed by atoms with Crippen LogP contribution in [-0.4, -0.2) is 35.0 Å². The lowest BCUT2D eigenvalue weighted by atomic mass is 10.2. The Labute approximate surface area is 110 Å². The van der Waals surface area contributed by atoms with Gasteiger partial charge in [-0.3, -0.25) is 4.79 Å². The molecule has 100 valence electrons. The second-order valence-electron chi connectivity index (χ2n) is 4.58. The molecule has 2 rings (SSSR count). The van der Waals surface area contributed by atoms with Crippen LogP contribution in [0.5, 0.6) is 0 Å². The van der Waals surface area contributed by atoms with E-state index >= 15 is 0 Å². The predicted molar refractivity (Wildman–Crippen MR) is 70.1 cm³/mol. The van der Waals surface area contributed by atoms with Crippen molar-refractivity contribution in [2.75, 3.05) is 7.05 Å². The predicted octanol–water partition coefficient (Wildman–Crippen LogP) is 2.29. The lowest BCUT2D eigenvalue weighted by Crippen LogP contribution is -2.40. The van der Waals surface area contributed by atoms with Crippen molar-refractivity contribution in [2.24, 2.45) is 0 Å². The van der Waals surface area contributed by atoms with Crippen LogP contribution in [0.3, 0.4) is 0 Å². The molecule has 1 unspecified atom stereocenters. The zero-order valence-corrected chi connectivity index (χ0v) is 11.0. The molecule has 0 bridgehead atoms. The standard InChI is InChI=1S/C14H15NO4/c1-8-4-5-11-10(6-8)7-12(19-11)13(16)15(3)9(2)14(17)18/h4-7,9H,1-3H3,(H,17,18). The van der Waals surface area contributed by atoms with Crippen molar-refractivity contribution in [3.63, 3.8) is 0 Å². The summed E-state index contributed by atoms with van der Waals surface area (Å²) >= 11 is 0. The van der Waals surface area contributed by atoms with E-state index in [4.69, 9.17) is 9.52 Å². The van der Waals surface area contributed by atoms with Gasteiger partial charge in [-0.05, 0) is 32.0 Å². The van der Waals surface area contributed by atoms with Gasteiger partial charge in [-0.15, -0.1) is 0 Å². The van der Waals surface area contributed by atoms with Crippen LogP contribution in [0.2, 0.25) is 0 Å². The van der Waals surface area contributed by atoms with Crippen molar-refractivity contribution in [3.8, 4) is 0 Å². The number of amides is 1. The maximum absolute atomic E-state index is 12.1. The van der Waals surface area contributed by atoms with Gasteiger partial charge in [0.25, 0.3) is 5.91 Å². The lowest BCUT2D eigenvalue weighted by molar-refractivity contribution is -0.141. The topological polar surface area (TPSA) is 70.8 Å². The van der Waals surface area contributed by atoms with E-state index in [9.17, 15) is 9.59 Å². The summed E-state index contributed by atoms with van der Waals surface area (Å²) in [5.74, 6) is -1.34. The van der Waals surface area contributed by atoms with Gasteiger partial charge in [0.05, 0.1) is 0 Å². The number of furan rings is 1. The number of carboxylic acids is 1. The highest BCUT2D eigenvalue weighted by Gasteiger charge is 2.25. The highest BCUT2D eigenvalue weighted by atomic mass is 16.4. The molecule has 1 aromatic heterocycles. The van der Waals surface area contributed by atoms with Crippen molar-refractivity contribution in [2.45, 2.75) is 19.9 Å². The summed E-state index contributed by atoms with van der Waals surface area (Å²) in [6, 6.07) is 6.33. The lowest BCUT2D eigenvalue weighted by Gasteiger charge is -2.19. The van der Waals surface area contributed by atoms with Crippen LogP contribution in [0.25, 0.3) is 11.0 Å². The molecule has 0 saturated heterocycles. The fourth-order valence-corrected chi connectivity index (χ4v) is 1.78. The van der Waals surface area contributed by atoms with E-state index in [2.05, 4.69) is 0 Å². The monoisotopic (exact) mass is 261 g/mol. The molecule has 1 aromatic carbocycles. The number of fused-ring (bicyclic) bond motifs is 1. The number of nitrogens with zero attached hydrogens (tertiary/aromatic N) is 1. The third kappa shape index (κ3) is 2.45. The molecule has 0 spiro atoms. The Bertz CT molecular complexity index is 644. The van der Waals surface area contributed by atoms with Crippen LogP contribution in [-0.2, 0) is 4.79 Å². The zero-order valence-electron chi connectivity index (χ0n) is 11.0. The smallest absolute Gasteiger partial charge is 0.326 e. The molecule has 1 amide bonds. The number of aliphatic carboxylic acids is 1. The van der Waals surface area contributed by atoms with Crippen molar-refractivity contribution in [1.29, 1.82) is 0 Å². The quantitative estimate of drug-likeness (QED) is 0.920. The number of benzene rings is 1. The number of carbonyl (C=O) groups is 2. The van der Waals surface area contributed by atoms with Crippen LogP contribution in [0.4, 0.5) is 0 Å². The Morgan fingerprint density at radius 3 is 2.63 bits per heavy atom. The van der Waals surface area contributed by atoms with Gasteiger partial charge in [0, 0.05) is 12.4 Å². The summed E-state index contributed by atoms with van der Waals surface area (Å²) in [7, 11) is 1.44. The van der Waals surface area contributed by atoms with Crippen LogP contribution in [0, 0.1) is 6.92 Å². The van der Waals surface area contributed by atoms with E-state index in [0.717, 1.165) is 15.8 Å². The van der Waals surface area contributed by atoms with Crippen LogP contribution in [0.1, 0.15) is 23.0 Å². The van der Waals surface area contributed by atoms with Gasteiger partial charge in [0.1, 0.15) is 11.6 Å². The molecule has 1 atom stereocenters. The van der Waals surface area contributed by atoms with Gasteiger partial charge < -0.3 is 14.4 Å². The maximum Gasteiger partial charge on any atom is 0.326 e. The molecule has 5 nitrogen and oxygen atoms in total. The summed E-state index contributed by atoms with van der Waals surface area (Å²) in [6.45, 7) is 3.40. The molecule has 0 aliphatic heterocycles. The largest absolute Gasteiger partial charge is 0.480 e. The molecule has 1 N–H and O–H groups in total. The number of carboxylic acid groups (broad SMARTS) is 1. The van der Waals surface area contributed by atoms with Crippen LogP contribution < -0.4 is 0 Å². The molecule has 2 aromatic rings. The number of likely N-dealkylation sites (N-methyl/N-ethyl adjacent to an activating group) is 1. The first kappa shape index (κ1) is 13.1. The number of carbonyl (C=O) groups excluding carboxylic acids is 1. The summed E-state index contributed by atoms with van der Waals surface area (Å²) in [5.41, 5.74) is 1.69. The Morgan fingerprint density at radius 1 is 1.32 bits per heavy atom. The van der Waals surface area contributed by atoms with Gasteiger partial charge >= 0.3 is 5.97 Å². The zero-order chi connectivity index (χ0) is 14.2. The molecule has 0 aliphatic rings. The minimum atomic E-state index is -1.05. The SMILES string of the molecule is Cc1ccc2oc(C(=O)N(C)C(C)C(=O)O)cc2c1. The highest BCUT2D eigenvalue weighted by Crippen LogP contribution is 2.21. The average Bonchev–Trinajstić information content (AvgIpc) is 2.78. The summed E-state index contributed by atoms with van der Waals surface area (Å²) in [4.78, 5) is 24.1. The van der Waals surface area contributed by atoms with Gasteiger partial charge in [-0.1, -0.05) is 11.6 Å². The van der Waals surface area contributed by atoms with E-state index in [1.807, 2.05) is 19.1 Å². The van der Waals surface area contributed by atoms with Gasteiger partial charge in [-0.25, -0.2) is 4.79 Å². The van der Waals surface area contributed by atoms with E-state index in [1.54, 1.807) is 12.1 Å². The number of rotatable bonds is 3. The second-order valence-corrected chi connectivity index (χ2v) is 4.58. The van der Waals surface area contributed by atoms with Crippen LogP contribution in [0.15, 0.2) is 28.7 Å². The molecule has 0 fully saturated rings. The van der Waals surface area contributed by atoms with Crippen molar-refractivity contribution < 1.29 is 19.1 Å². The Hall–Kier alpha value is -2.30. The summed E-state index contributed by atoms with van der Waals surface area (Å²) in [5, 5.41) is 9.73. The minimum Gasteiger partial charge on any atom is -0.480 e. The first-order chi connectivity index (χ1) is 8.90. The van der Waals surface area contributed by atoms with Gasteiger partial charge in [0.2, 0.25) is 0 Å². The average molecular weight is 261 g/mol. The number of hydrogen-bond acceptors (Lipinski definition) is 3. The molecule has 0 aliphatic carbocycles. The van der Waals surface area contributed by atoms with Crippen molar-refractivity contribution in [1.82, 2.24) is 4.90 Å². The van der Waals surface area contributed by atoms with E-state index in [-0.39, 0.29) is 5.76 Å². The van der Waals surface area contributed by atoms with E-state index in [1.165, 1.54) is 14.0 Å². The Balaban J connectivity index is 2.33.